The van der Waals surface area contributed by atoms with Crippen LogP contribution in [-0.2, 0) is 0 Å². The van der Waals surface area contributed by atoms with E-state index in [1.54, 1.807) is 0 Å². The number of hydrogen-bond donors (Lipinski definition) is 3. The molecule has 0 saturated heterocycles. The average Bonchev–Trinajstić information content (AvgIpc) is 2.16. The van der Waals surface area contributed by atoms with Gasteiger partial charge in [0.2, 0.25) is 0 Å². The molecule has 2 rings (SSSR count). The Kier molecular flexibility index (Phi) is 1.70. The summed E-state index contributed by atoms with van der Waals surface area (Å²) >= 11 is 0. The molecule has 0 spiro atoms. The van der Waals surface area contributed by atoms with Crippen LogP contribution in [-0.4, -0.2) is 21.1 Å². The van der Waals surface area contributed by atoms with E-state index in [2.05, 4.69) is 0 Å². The lowest BCUT2D eigenvalue weighted by Crippen LogP contribution is -2.08. The van der Waals surface area contributed by atoms with Crippen molar-refractivity contribution in [1.82, 2.24) is 0 Å². The number of aliphatic hydroxyl groups is 1. The Morgan fingerprint density at radius 1 is 1.00 bits per heavy atom. The van der Waals surface area contributed by atoms with Gasteiger partial charge in [0.1, 0.15) is 17.3 Å². The molecule has 0 aromatic heterocycles. The first-order valence-electron chi connectivity index (χ1n) is 4.09. The summed E-state index contributed by atoms with van der Waals surface area (Å²) < 4.78 is 0. The molecule has 0 amide bonds. The molecule has 1 aliphatic rings. The normalized spacial score (nSPS) is 14.9. The van der Waals surface area contributed by atoms with Crippen molar-refractivity contribution in [2.24, 2.45) is 0 Å². The lowest BCUT2D eigenvalue weighted by Gasteiger charge is -2.14. The van der Waals surface area contributed by atoms with Gasteiger partial charge in [0.15, 0.2) is 5.78 Å². The fraction of sp³-hybridized carbons (Fsp3) is 0.100. The standard InChI is InChI=1S/C10H8O4/c11-5-1-2-6(12)10-8(14)4-3-7(13)9(5)10/h1-3,11-13H,4H2. The van der Waals surface area contributed by atoms with E-state index in [0.29, 0.717) is 0 Å². The van der Waals surface area contributed by atoms with Crippen molar-refractivity contribution in [2.75, 3.05) is 0 Å². The Bertz CT molecular complexity index is 446. The Morgan fingerprint density at radius 2 is 1.57 bits per heavy atom. The van der Waals surface area contributed by atoms with Crippen LogP contribution in [0.25, 0.3) is 5.76 Å². The second-order valence-corrected chi connectivity index (χ2v) is 3.07. The molecule has 3 N–H and O–H groups in total. The summed E-state index contributed by atoms with van der Waals surface area (Å²) in [5.74, 6) is -0.916. The maximum Gasteiger partial charge on any atom is 0.171 e. The molecule has 0 saturated carbocycles. The van der Waals surface area contributed by atoms with Gasteiger partial charge in [0.25, 0.3) is 0 Å². The zero-order valence-electron chi connectivity index (χ0n) is 7.19. The number of phenolic OH excluding ortho intramolecular Hbond substituents is 2. The molecule has 4 nitrogen and oxygen atoms in total. The molecule has 0 atom stereocenters. The molecule has 1 aromatic rings. The highest BCUT2D eigenvalue weighted by Crippen LogP contribution is 2.36. The number of allylic oxidation sites excluding steroid dienone is 1. The van der Waals surface area contributed by atoms with Crippen LogP contribution in [0.15, 0.2) is 18.2 Å². The van der Waals surface area contributed by atoms with Crippen LogP contribution in [0.1, 0.15) is 22.3 Å². The van der Waals surface area contributed by atoms with Crippen molar-refractivity contribution >= 4 is 11.5 Å². The van der Waals surface area contributed by atoms with E-state index < -0.39 is 0 Å². The second kappa shape index (κ2) is 2.77. The summed E-state index contributed by atoms with van der Waals surface area (Å²) in [6.07, 6.45) is 1.35. The third kappa shape index (κ3) is 1.04. The molecule has 1 aliphatic carbocycles. The summed E-state index contributed by atoms with van der Waals surface area (Å²) in [5.41, 5.74) is 0.00579. The van der Waals surface area contributed by atoms with Crippen LogP contribution in [0.2, 0.25) is 0 Å². The van der Waals surface area contributed by atoms with Crippen molar-refractivity contribution in [2.45, 2.75) is 6.42 Å². The molecular weight excluding hydrogens is 184 g/mol. The number of aliphatic hydroxyl groups excluding tert-OH is 1. The molecular formula is C10H8O4. The first kappa shape index (κ1) is 8.62. The molecule has 0 unspecified atom stereocenters. The minimum absolute atomic E-state index is 0.00926. The van der Waals surface area contributed by atoms with Crippen molar-refractivity contribution in [3.8, 4) is 11.5 Å². The van der Waals surface area contributed by atoms with Gasteiger partial charge < -0.3 is 15.3 Å². The highest BCUT2D eigenvalue weighted by molar-refractivity contribution is 6.06. The van der Waals surface area contributed by atoms with Gasteiger partial charge in [0, 0.05) is 6.42 Å². The minimum Gasteiger partial charge on any atom is -0.507 e. The smallest absolute Gasteiger partial charge is 0.171 e. The number of phenols is 2. The summed E-state index contributed by atoms with van der Waals surface area (Å²) in [6.45, 7) is 0. The Balaban J connectivity index is 2.80. The predicted molar refractivity (Wildman–Crippen MR) is 49.3 cm³/mol. The Labute approximate surface area is 79.7 Å². The zero-order chi connectivity index (χ0) is 10.3. The van der Waals surface area contributed by atoms with Crippen molar-refractivity contribution < 1.29 is 20.1 Å². The SMILES string of the molecule is O=C1CC=C(O)c2c(O)ccc(O)c21. The van der Waals surface area contributed by atoms with Gasteiger partial charge in [-0.15, -0.1) is 0 Å². The number of aromatic hydroxyl groups is 2. The molecule has 0 fully saturated rings. The number of hydrogen-bond acceptors (Lipinski definition) is 4. The van der Waals surface area contributed by atoms with Crippen LogP contribution in [0.3, 0.4) is 0 Å². The van der Waals surface area contributed by atoms with Crippen molar-refractivity contribution in [1.29, 1.82) is 0 Å². The van der Waals surface area contributed by atoms with Crippen molar-refractivity contribution in [3.05, 3.63) is 29.3 Å². The monoisotopic (exact) mass is 192 g/mol. The molecule has 0 radical (unpaired) electrons. The molecule has 4 heteroatoms. The Morgan fingerprint density at radius 3 is 2.14 bits per heavy atom. The number of ketones is 1. The molecule has 0 bridgehead atoms. The molecule has 1 aromatic carbocycles. The van der Waals surface area contributed by atoms with Gasteiger partial charge in [-0.1, -0.05) is 0 Å². The first-order valence-corrected chi connectivity index (χ1v) is 4.09. The van der Waals surface area contributed by atoms with E-state index in [1.807, 2.05) is 0 Å². The topological polar surface area (TPSA) is 77.8 Å². The van der Waals surface area contributed by atoms with E-state index in [4.69, 9.17) is 0 Å². The van der Waals surface area contributed by atoms with E-state index in [-0.39, 0.29) is 40.6 Å². The van der Waals surface area contributed by atoms with Gasteiger partial charge in [-0.25, -0.2) is 0 Å². The second-order valence-electron chi connectivity index (χ2n) is 3.07. The number of carbonyl (C=O) groups is 1. The van der Waals surface area contributed by atoms with Gasteiger partial charge in [-0.3, -0.25) is 4.79 Å². The highest BCUT2D eigenvalue weighted by Gasteiger charge is 2.25. The summed E-state index contributed by atoms with van der Waals surface area (Å²) in [5, 5.41) is 28.2. The highest BCUT2D eigenvalue weighted by atomic mass is 16.3. The van der Waals surface area contributed by atoms with E-state index in [0.717, 1.165) is 0 Å². The van der Waals surface area contributed by atoms with Crippen LogP contribution in [0.5, 0.6) is 11.5 Å². The number of fused-ring (bicyclic) bond motifs is 1. The quantitative estimate of drug-likeness (QED) is 0.545. The average molecular weight is 192 g/mol. The summed E-state index contributed by atoms with van der Waals surface area (Å²) in [4.78, 5) is 11.4. The van der Waals surface area contributed by atoms with E-state index in [9.17, 15) is 20.1 Å². The number of Topliss-reactive ketones (excluding diaryl/α,β-unsaturated/α-hetero) is 1. The predicted octanol–water partition coefficient (Wildman–Crippen LogP) is 1.58. The fourth-order valence-electron chi connectivity index (χ4n) is 1.52. The Hall–Kier alpha value is -1.97. The van der Waals surface area contributed by atoms with E-state index in [1.165, 1.54) is 18.2 Å². The summed E-state index contributed by atoms with van der Waals surface area (Å²) in [7, 11) is 0. The third-order valence-corrected chi connectivity index (χ3v) is 2.18. The largest absolute Gasteiger partial charge is 0.507 e. The summed E-state index contributed by atoms with van der Waals surface area (Å²) in [6, 6.07) is 2.46. The minimum atomic E-state index is -0.314. The first-order chi connectivity index (χ1) is 6.61. The van der Waals surface area contributed by atoms with Gasteiger partial charge >= 0.3 is 0 Å². The van der Waals surface area contributed by atoms with Gasteiger partial charge in [-0.2, -0.15) is 0 Å². The lowest BCUT2D eigenvalue weighted by molar-refractivity contribution is 0.0989. The fourth-order valence-corrected chi connectivity index (χ4v) is 1.52. The van der Waals surface area contributed by atoms with Crippen LogP contribution in [0.4, 0.5) is 0 Å². The molecule has 0 aliphatic heterocycles. The number of rotatable bonds is 0. The molecule has 0 heterocycles. The third-order valence-electron chi connectivity index (χ3n) is 2.18. The maximum absolute atomic E-state index is 11.4. The van der Waals surface area contributed by atoms with Gasteiger partial charge in [0.05, 0.1) is 11.1 Å². The van der Waals surface area contributed by atoms with Gasteiger partial charge in [-0.05, 0) is 18.2 Å². The maximum atomic E-state index is 11.4. The number of benzene rings is 1. The molecule has 14 heavy (non-hydrogen) atoms. The zero-order valence-corrected chi connectivity index (χ0v) is 7.19. The van der Waals surface area contributed by atoms with Crippen molar-refractivity contribution in [3.63, 3.8) is 0 Å². The van der Waals surface area contributed by atoms with Crippen LogP contribution in [0, 0.1) is 0 Å². The number of carbonyl (C=O) groups excluding carboxylic acids is 1. The van der Waals surface area contributed by atoms with Crippen LogP contribution >= 0.6 is 0 Å². The lowest BCUT2D eigenvalue weighted by atomic mass is 9.93. The van der Waals surface area contributed by atoms with Crippen LogP contribution < -0.4 is 0 Å². The van der Waals surface area contributed by atoms with E-state index >= 15 is 0 Å². The molecule has 72 valence electrons.